The molecule has 1 atom stereocenters. The number of anilines is 1. The summed E-state index contributed by atoms with van der Waals surface area (Å²) >= 11 is 0. The van der Waals surface area contributed by atoms with Crippen LogP contribution in [0.2, 0.25) is 0 Å². The number of piperidine rings is 1. The molecule has 1 aliphatic rings. The largest absolute Gasteiger partial charge is 0.370 e. The van der Waals surface area contributed by atoms with Gasteiger partial charge in [-0.05, 0) is 37.5 Å². The number of nitrogens with zero attached hydrogens (tertiary/aromatic N) is 1. The van der Waals surface area contributed by atoms with Crippen LogP contribution in [-0.4, -0.2) is 19.1 Å². The monoisotopic (exact) mass is 208 g/mol. The first-order valence-corrected chi connectivity index (χ1v) is 5.43. The van der Waals surface area contributed by atoms with Crippen molar-refractivity contribution in [2.75, 3.05) is 18.0 Å². The van der Waals surface area contributed by atoms with Gasteiger partial charge in [0.15, 0.2) is 0 Å². The van der Waals surface area contributed by atoms with Crippen molar-refractivity contribution in [2.24, 2.45) is 5.73 Å². The Balaban J connectivity index is 2.24. The van der Waals surface area contributed by atoms with Crippen molar-refractivity contribution < 1.29 is 4.39 Å². The van der Waals surface area contributed by atoms with Crippen molar-refractivity contribution >= 4 is 5.69 Å². The van der Waals surface area contributed by atoms with Crippen molar-refractivity contribution in [3.8, 4) is 0 Å². The van der Waals surface area contributed by atoms with E-state index in [1.165, 1.54) is 6.07 Å². The summed E-state index contributed by atoms with van der Waals surface area (Å²) in [6.45, 7) is 3.83. The molecule has 0 aromatic heterocycles. The predicted molar refractivity (Wildman–Crippen MR) is 60.6 cm³/mol. The van der Waals surface area contributed by atoms with Crippen molar-refractivity contribution in [2.45, 2.75) is 25.8 Å². The van der Waals surface area contributed by atoms with Crippen LogP contribution in [0.5, 0.6) is 0 Å². The Labute approximate surface area is 89.9 Å². The molecule has 0 radical (unpaired) electrons. The summed E-state index contributed by atoms with van der Waals surface area (Å²) in [5.41, 5.74) is 8.02. The highest BCUT2D eigenvalue weighted by atomic mass is 19.1. The molecule has 82 valence electrons. The Bertz CT molecular complexity index is 351. The number of nitrogens with two attached hydrogens (primary N) is 1. The van der Waals surface area contributed by atoms with E-state index in [0.717, 1.165) is 37.2 Å². The zero-order valence-corrected chi connectivity index (χ0v) is 9.04. The molecule has 2 nitrogen and oxygen atoms in total. The van der Waals surface area contributed by atoms with Gasteiger partial charge in [-0.3, -0.25) is 0 Å². The van der Waals surface area contributed by atoms with E-state index in [4.69, 9.17) is 5.73 Å². The fourth-order valence-corrected chi connectivity index (χ4v) is 2.15. The molecule has 15 heavy (non-hydrogen) atoms. The van der Waals surface area contributed by atoms with E-state index in [1.54, 1.807) is 6.07 Å². The lowest BCUT2D eigenvalue weighted by atomic mass is 10.0. The molecule has 1 saturated heterocycles. The fourth-order valence-electron chi connectivity index (χ4n) is 2.15. The molecule has 2 rings (SSSR count). The fraction of sp³-hybridized carbons (Fsp3) is 0.500. The third kappa shape index (κ3) is 2.29. The second-order valence-corrected chi connectivity index (χ2v) is 4.28. The molecule has 0 aliphatic carbocycles. The molecule has 0 saturated carbocycles. The summed E-state index contributed by atoms with van der Waals surface area (Å²) in [4.78, 5) is 2.19. The van der Waals surface area contributed by atoms with Gasteiger partial charge >= 0.3 is 0 Å². The van der Waals surface area contributed by atoms with Gasteiger partial charge in [-0.2, -0.15) is 0 Å². The van der Waals surface area contributed by atoms with Gasteiger partial charge in [-0.25, -0.2) is 4.39 Å². The summed E-state index contributed by atoms with van der Waals surface area (Å²) in [6.07, 6.45) is 2.17. The van der Waals surface area contributed by atoms with Gasteiger partial charge in [0, 0.05) is 24.8 Å². The zero-order valence-electron chi connectivity index (χ0n) is 9.04. The summed E-state index contributed by atoms with van der Waals surface area (Å²) in [7, 11) is 0. The van der Waals surface area contributed by atoms with Crippen LogP contribution in [0.1, 0.15) is 18.4 Å². The number of rotatable bonds is 1. The maximum absolute atomic E-state index is 13.1. The second-order valence-electron chi connectivity index (χ2n) is 4.28. The lowest BCUT2D eigenvalue weighted by Gasteiger charge is -2.33. The molecule has 1 aromatic rings. The number of benzene rings is 1. The Kier molecular flexibility index (Phi) is 2.91. The maximum Gasteiger partial charge on any atom is 0.125 e. The van der Waals surface area contributed by atoms with E-state index < -0.39 is 0 Å². The van der Waals surface area contributed by atoms with Crippen LogP contribution in [0, 0.1) is 12.7 Å². The van der Waals surface area contributed by atoms with Gasteiger partial charge in [-0.15, -0.1) is 0 Å². The molecule has 2 N–H and O–H groups in total. The smallest absolute Gasteiger partial charge is 0.125 e. The Morgan fingerprint density at radius 2 is 2.27 bits per heavy atom. The van der Waals surface area contributed by atoms with Gasteiger partial charge in [0.05, 0.1) is 0 Å². The molecule has 3 heteroatoms. The minimum atomic E-state index is -0.172. The minimum Gasteiger partial charge on any atom is -0.370 e. The zero-order chi connectivity index (χ0) is 10.8. The molecule has 1 aliphatic heterocycles. The van der Waals surface area contributed by atoms with E-state index in [2.05, 4.69) is 4.90 Å². The van der Waals surface area contributed by atoms with E-state index in [1.807, 2.05) is 13.0 Å². The Morgan fingerprint density at radius 1 is 1.47 bits per heavy atom. The molecule has 1 heterocycles. The van der Waals surface area contributed by atoms with Crippen molar-refractivity contribution in [1.29, 1.82) is 0 Å². The number of aryl methyl sites for hydroxylation is 1. The first kappa shape index (κ1) is 10.4. The lowest BCUT2D eigenvalue weighted by Crippen LogP contribution is -2.43. The molecule has 0 bridgehead atoms. The summed E-state index contributed by atoms with van der Waals surface area (Å²) in [5.74, 6) is -0.172. The highest BCUT2D eigenvalue weighted by Crippen LogP contribution is 2.24. The summed E-state index contributed by atoms with van der Waals surface area (Å²) in [5, 5.41) is 0. The van der Waals surface area contributed by atoms with Crippen LogP contribution >= 0.6 is 0 Å². The Hall–Kier alpha value is -1.09. The molecular weight excluding hydrogens is 191 g/mol. The quantitative estimate of drug-likeness (QED) is 0.765. The summed E-state index contributed by atoms with van der Waals surface area (Å²) in [6, 6.07) is 5.15. The number of hydrogen-bond donors (Lipinski definition) is 1. The van der Waals surface area contributed by atoms with Crippen LogP contribution in [0.4, 0.5) is 10.1 Å². The first-order chi connectivity index (χ1) is 7.16. The second kappa shape index (κ2) is 4.19. The van der Waals surface area contributed by atoms with Crippen LogP contribution in [0.25, 0.3) is 0 Å². The van der Waals surface area contributed by atoms with Gasteiger partial charge in [0.2, 0.25) is 0 Å². The molecule has 1 aromatic carbocycles. The molecular formula is C12H17FN2. The van der Waals surface area contributed by atoms with Gasteiger partial charge in [0.1, 0.15) is 5.82 Å². The van der Waals surface area contributed by atoms with Crippen LogP contribution in [0.15, 0.2) is 18.2 Å². The number of hydrogen-bond acceptors (Lipinski definition) is 2. The van der Waals surface area contributed by atoms with Crippen LogP contribution in [-0.2, 0) is 0 Å². The topological polar surface area (TPSA) is 29.3 Å². The van der Waals surface area contributed by atoms with E-state index in [9.17, 15) is 4.39 Å². The molecule has 1 fully saturated rings. The average Bonchev–Trinajstić information content (AvgIpc) is 2.22. The van der Waals surface area contributed by atoms with Crippen LogP contribution < -0.4 is 10.6 Å². The van der Waals surface area contributed by atoms with E-state index in [0.29, 0.717) is 0 Å². The first-order valence-electron chi connectivity index (χ1n) is 5.43. The average molecular weight is 208 g/mol. The molecule has 0 spiro atoms. The van der Waals surface area contributed by atoms with E-state index in [-0.39, 0.29) is 11.9 Å². The highest BCUT2D eigenvalue weighted by Gasteiger charge is 2.18. The standard InChI is InChI=1S/C12H17FN2/c1-9-4-5-10(13)7-12(9)15-6-2-3-11(14)8-15/h4-5,7,11H,2-3,6,8,14H2,1H3. The van der Waals surface area contributed by atoms with Crippen molar-refractivity contribution in [1.82, 2.24) is 0 Å². The number of halogens is 1. The van der Waals surface area contributed by atoms with Crippen molar-refractivity contribution in [3.05, 3.63) is 29.6 Å². The Morgan fingerprint density at radius 3 is 3.00 bits per heavy atom. The van der Waals surface area contributed by atoms with E-state index >= 15 is 0 Å². The third-order valence-corrected chi connectivity index (χ3v) is 2.97. The SMILES string of the molecule is Cc1ccc(F)cc1N1CCCC(N)C1. The molecule has 1 unspecified atom stereocenters. The lowest BCUT2D eigenvalue weighted by molar-refractivity contribution is 0.504. The maximum atomic E-state index is 13.1. The molecule has 0 amide bonds. The van der Waals surface area contributed by atoms with Crippen molar-refractivity contribution in [3.63, 3.8) is 0 Å². The summed E-state index contributed by atoms with van der Waals surface area (Å²) < 4.78 is 13.1. The normalized spacial score (nSPS) is 21.8. The van der Waals surface area contributed by atoms with Gasteiger partial charge in [0.25, 0.3) is 0 Å². The minimum absolute atomic E-state index is 0.172. The highest BCUT2D eigenvalue weighted by molar-refractivity contribution is 5.53. The third-order valence-electron chi connectivity index (χ3n) is 2.97. The van der Waals surface area contributed by atoms with Gasteiger partial charge < -0.3 is 10.6 Å². The predicted octanol–water partition coefficient (Wildman–Crippen LogP) is 2.06. The van der Waals surface area contributed by atoms with Crippen LogP contribution in [0.3, 0.4) is 0 Å². The van der Waals surface area contributed by atoms with Gasteiger partial charge in [-0.1, -0.05) is 6.07 Å².